The Balaban J connectivity index is 1.76. The molecule has 2 bridgehead atoms. The molecule has 0 aromatic heterocycles. The highest BCUT2D eigenvalue weighted by Gasteiger charge is 2.75. The molecule has 32 heavy (non-hydrogen) atoms. The lowest BCUT2D eigenvalue weighted by Gasteiger charge is -2.36. The lowest BCUT2D eigenvalue weighted by Crippen LogP contribution is -2.56. The van der Waals surface area contributed by atoms with Crippen LogP contribution >= 0.6 is 0 Å². The number of aliphatic hydroxyl groups excluding tert-OH is 1. The second-order valence-corrected chi connectivity index (χ2v) is 9.05. The van der Waals surface area contributed by atoms with Crippen LogP contribution in [0.5, 0.6) is 0 Å². The number of para-hydroxylation sites is 1. The smallest absolute Gasteiger partial charge is 0.312 e. The van der Waals surface area contributed by atoms with Crippen LogP contribution in [0.25, 0.3) is 0 Å². The van der Waals surface area contributed by atoms with E-state index in [2.05, 4.69) is 5.32 Å². The summed E-state index contributed by atoms with van der Waals surface area (Å²) in [5, 5.41) is 13.0. The summed E-state index contributed by atoms with van der Waals surface area (Å²) in [5.41, 5.74) is 1.44. The Kier molecular flexibility index (Phi) is 6.02. The van der Waals surface area contributed by atoms with Gasteiger partial charge in [-0.1, -0.05) is 25.1 Å². The van der Waals surface area contributed by atoms with Crippen LogP contribution in [0.4, 0.5) is 5.69 Å². The number of rotatable bonds is 7. The minimum absolute atomic E-state index is 0.213. The number of esters is 1. The molecule has 6 atom stereocenters. The van der Waals surface area contributed by atoms with Crippen molar-refractivity contribution in [1.82, 2.24) is 4.90 Å². The fraction of sp³-hybridized carbons (Fsp3) is 0.625. The molecule has 2 amide bonds. The van der Waals surface area contributed by atoms with Crippen LogP contribution in [0.2, 0.25) is 0 Å². The van der Waals surface area contributed by atoms with E-state index in [4.69, 9.17) is 9.47 Å². The van der Waals surface area contributed by atoms with Gasteiger partial charge in [0.2, 0.25) is 11.8 Å². The number of aliphatic hydroxyl groups is 1. The van der Waals surface area contributed by atoms with E-state index in [9.17, 15) is 19.5 Å². The Morgan fingerprint density at radius 3 is 2.59 bits per heavy atom. The van der Waals surface area contributed by atoms with E-state index in [1.807, 2.05) is 39.0 Å². The maximum atomic E-state index is 13.8. The van der Waals surface area contributed by atoms with Gasteiger partial charge < -0.3 is 24.8 Å². The molecule has 8 nitrogen and oxygen atoms in total. The van der Waals surface area contributed by atoms with Crippen LogP contribution in [0.3, 0.4) is 0 Å². The number of nitrogens with one attached hydrogen (secondary N) is 1. The Labute approximate surface area is 188 Å². The van der Waals surface area contributed by atoms with Crippen molar-refractivity contribution in [2.45, 2.75) is 70.7 Å². The second-order valence-electron chi connectivity index (χ2n) is 9.05. The number of fused-ring (bicyclic) bond motifs is 1. The number of hydrogen-bond donors (Lipinski definition) is 2. The molecule has 0 radical (unpaired) electrons. The first-order valence-electron chi connectivity index (χ1n) is 11.4. The van der Waals surface area contributed by atoms with Gasteiger partial charge in [0, 0.05) is 5.69 Å². The summed E-state index contributed by atoms with van der Waals surface area (Å²) in [6.45, 7) is 7.36. The highest BCUT2D eigenvalue weighted by Crippen LogP contribution is 2.59. The fourth-order valence-electron chi connectivity index (χ4n) is 5.91. The Morgan fingerprint density at radius 2 is 2.00 bits per heavy atom. The van der Waals surface area contributed by atoms with E-state index in [-0.39, 0.29) is 25.0 Å². The summed E-state index contributed by atoms with van der Waals surface area (Å²) in [7, 11) is 0. The van der Waals surface area contributed by atoms with Crippen LogP contribution in [0, 0.1) is 25.7 Å². The van der Waals surface area contributed by atoms with Crippen LogP contribution in [0.1, 0.15) is 44.2 Å². The molecule has 1 spiro atoms. The average Bonchev–Trinajstić information content (AvgIpc) is 3.40. The topological polar surface area (TPSA) is 105 Å². The van der Waals surface area contributed by atoms with E-state index in [0.29, 0.717) is 24.9 Å². The quantitative estimate of drug-likeness (QED) is 0.623. The molecule has 3 aliphatic heterocycles. The molecular weight excluding hydrogens is 412 g/mol. The highest BCUT2D eigenvalue weighted by atomic mass is 16.6. The van der Waals surface area contributed by atoms with Crippen LogP contribution < -0.4 is 5.32 Å². The third-order valence-corrected chi connectivity index (χ3v) is 7.35. The van der Waals surface area contributed by atoms with Crippen molar-refractivity contribution in [2.75, 3.05) is 18.5 Å². The van der Waals surface area contributed by atoms with E-state index in [1.54, 1.807) is 6.92 Å². The number of carbonyl (C=O) groups excluding carboxylic acids is 3. The van der Waals surface area contributed by atoms with Gasteiger partial charge in [0.15, 0.2) is 0 Å². The number of hydrogen-bond acceptors (Lipinski definition) is 6. The molecule has 0 saturated carbocycles. The summed E-state index contributed by atoms with van der Waals surface area (Å²) >= 11 is 0. The SMILES string of the molecule is CCOC(=O)[C@@H]1[C@H]2C(=O)N([C@@H](CC)CO)[C@H](C(=O)Nc3c(C)cccc3C)[C@]23CC[C@H]1O3. The summed E-state index contributed by atoms with van der Waals surface area (Å²) in [6.07, 6.45) is 1.14. The Morgan fingerprint density at radius 1 is 1.31 bits per heavy atom. The number of nitrogens with zero attached hydrogens (tertiary/aromatic N) is 1. The maximum Gasteiger partial charge on any atom is 0.312 e. The number of carbonyl (C=O) groups is 3. The monoisotopic (exact) mass is 444 g/mol. The van der Waals surface area contributed by atoms with E-state index >= 15 is 0 Å². The third-order valence-electron chi connectivity index (χ3n) is 7.35. The van der Waals surface area contributed by atoms with E-state index in [1.165, 1.54) is 4.90 Å². The molecule has 8 heteroatoms. The number of anilines is 1. The molecule has 1 aromatic rings. The van der Waals surface area contributed by atoms with Crippen LogP contribution in [0.15, 0.2) is 18.2 Å². The molecule has 3 aliphatic rings. The minimum atomic E-state index is -1.09. The molecule has 4 rings (SSSR count). The standard InChI is InChI=1S/C24H32N2O6/c1-5-15(12-27)26-20(21(28)25-19-13(3)8-7-9-14(19)4)24-11-10-16(32-24)17(18(24)22(26)29)23(30)31-6-2/h7-9,15-18,20,27H,5-6,10-12H2,1-4H3,(H,25,28)/t15-,16+,17-,18-,20+,24-/m0/s1. The molecule has 0 aliphatic carbocycles. The fourth-order valence-corrected chi connectivity index (χ4v) is 5.91. The van der Waals surface area contributed by atoms with Crippen LogP contribution in [-0.2, 0) is 23.9 Å². The van der Waals surface area contributed by atoms with Crippen molar-refractivity contribution in [3.05, 3.63) is 29.3 Å². The number of benzene rings is 1. The molecule has 0 unspecified atom stereocenters. The van der Waals surface area contributed by atoms with Gasteiger partial charge in [-0.2, -0.15) is 0 Å². The van der Waals surface area contributed by atoms with Crippen molar-refractivity contribution in [3.63, 3.8) is 0 Å². The largest absolute Gasteiger partial charge is 0.466 e. The highest BCUT2D eigenvalue weighted by molar-refractivity contribution is 6.04. The summed E-state index contributed by atoms with van der Waals surface area (Å²) < 4.78 is 11.6. The van der Waals surface area contributed by atoms with E-state index < -0.39 is 41.6 Å². The normalized spacial score (nSPS) is 31.5. The maximum absolute atomic E-state index is 13.8. The van der Waals surface area contributed by atoms with Gasteiger partial charge in [0.05, 0.1) is 37.2 Å². The van der Waals surface area contributed by atoms with Crippen molar-refractivity contribution in [1.29, 1.82) is 0 Å². The first kappa shape index (κ1) is 22.7. The molecule has 3 heterocycles. The molecule has 2 N–H and O–H groups in total. The molecule has 3 saturated heterocycles. The van der Waals surface area contributed by atoms with Gasteiger partial charge in [-0.25, -0.2) is 0 Å². The number of ether oxygens (including phenoxy) is 2. The van der Waals surface area contributed by atoms with Crippen molar-refractivity contribution in [2.24, 2.45) is 11.8 Å². The zero-order chi connectivity index (χ0) is 23.2. The number of aryl methyl sites for hydroxylation is 2. The summed E-state index contributed by atoms with van der Waals surface area (Å²) in [5.74, 6) is -2.63. The zero-order valence-corrected chi connectivity index (χ0v) is 19.1. The second kappa shape index (κ2) is 8.48. The van der Waals surface area contributed by atoms with Crippen molar-refractivity contribution < 1.29 is 29.0 Å². The van der Waals surface area contributed by atoms with Gasteiger partial charge in [-0.3, -0.25) is 14.4 Å². The summed E-state index contributed by atoms with van der Waals surface area (Å²) in [4.78, 5) is 41.7. The van der Waals surface area contributed by atoms with Gasteiger partial charge in [-0.05, 0) is 51.2 Å². The molecular formula is C24H32N2O6. The van der Waals surface area contributed by atoms with Gasteiger partial charge in [0.1, 0.15) is 11.6 Å². The third kappa shape index (κ3) is 3.23. The van der Waals surface area contributed by atoms with Gasteiger partial charge in [0.25, 0.3) is 0 Å². The van der Waals surface area contributed by atoms with Gasteiger partial charge in [-0.15, -0.1) is 0 Å². The predicted octanol–water partition coefficient (Wildman–Crippen LogP) is 1.95. The lowest BCUT2D eigenvalue weighted by molar-refractivity contribution is -0.155. The van der Waals surface area contributed by atoms with E-state index in [0.717, 1.165) is 11.1 Å². The number of amides is 2. The molecule has 3 fully saturated rings. The minimum Gasteiger partial charge on any atom is -0.466 e. The Bertz CT molecular complexity index is 909. The van der Waals surface area contributed by atoms with Crippen molar-refractivity contribution in [3.8, 4) is 0 Å². The average molecular weight is 445 g/mol. The zero-order valence-electron chi connectivity index (χ0n) is 19.1. The molecule has 174 valence electrons. The first-order chi connectivity index (χ1) is 15.3. The predicted molar refractivity (Wildman–Crippen MR) is 117 cm³/mol. The molecule has 1 aromatic carbocycles. The lowest BCUT2D eigenvalue weighted by atomic mass is 9.70. The first-order valence-corrected chi connectivity index (χ1v) is 11.4. The number of likely N-dealkylation sites (tertiary alicyclic amines) is 1. The summed E-state index contributed by atoms with van der Waals surface area (Å²) in [6, 6.07) is 4.28. The Hall–Kier alpha value is -2.45. The van der Waals surface area contributed by atoms with Crippen LogP contribution in [-0.4, -0.2) is 64.8 Å². The van der Waals surface area contributed by atoms with Crippen molar-refractivity contribution >= 4 is 23.5 Å². The van der Waals surface area contributed by atoms with Gasteiger partial charge >= 0.3 is 5.97 Å².